The van der Waals surface area contributed by atoms with Crippen LogP contribution in [-0.2, 0) is 20.9 Å². The maximum atomic E-state index is 13.3. The van der Waals surface area contributed by atoms with Gasteiger partial charge in [0.05, 0.1) is 0 Å². The zero-order valence-corrected chi connectivity index (χ0v) is 20.8. The Hall–Kier alpha value is -2.64. The van der Waals surface area contributed by atoms with Gasteiger partial charge in [0.15, 0.2) is 0 Å². The third kappa shape index (κ3) is 6.27. The van der Waals surface area contributed by atoms with Gasteiger partial charge in [-0.25, -0.2) is 14.0 Å². The predicted molar refractivity (Wildman–Crippen MR) is 127 cm³/mol. The molecule has 0 spiro atoms. The van der Waals surface area contributed by atoms with Crippen LogP contribution >= 0.6 is 0 Å². The third-order valence-electron chi connectivity index (χ3n) is 6.96. The van der Waals surface area contributed by atoms with E-state index in [0.29, 0.717) is 24.9 Å². The Balaban J connectivity index is 1.70. The molecule has 2 atom stereocenters. The zero-order valence-electron chi connectivity index (χ0n) is 20.8. The maximum absolute atomic E-state index is 13.3. The molecule has 8 heteroatoms. The van der Waals surface area contributed by atoms with Gasteiger partial charge in [-0.05, 0) is 55.7 Å². The molecule has 2 fully saturated rings. The van der Waals surface area contributed by atoms with Crippen LogP contribution in [0.3, 0.4) is 0 Å². The van der Waals surface area contributed by atoms with E-state index in [1.54, 1.807) is 12.1 Å². The molecule has 1 heterocycles. The van der Waals surface area contributed by atoms with Crippen molar-refractivity contribution in [2.24, 2.45) is 5.41 Å². The van der Waals surface area contributed by atoms with Crippen molar-refractivity contribution in [3.8, 4) is 0 Å². The first-order valence-electron chi connectivity index (χ1n) is 12.3. The fraction of sp³-hybridized carbons (Fsp3) is 0.654. The van der Waals surface area contributed by atoms with Gasteiger partial charge in [0.25, 0.3) is 0 Å². The lowest BCUT2D eigenvalue weighted by atomic mass is 9.81. The molecule has 0 aromatic heterocycles. The Labute approximate surface area is 201 Å². The number of hydrogen-bond acceptors (Lipinski definition) is 4. The number of rotatable bonds is 6. The minimum Gasteiger partial charge on any atom is -0.459 e. The topological polar surface area (TPSA) is 87.7 Å². The van der Waals surface area contributed by atoms with E-state index >= 15 is 0 Å². The second kappa shape index (κ2) is 10.7. The molecule has 1 aliphatic heterocycles. The Morgan fingerprint density at radius 2 is 1.76 bits per heavy atom. The Morgan fingerprint density at radius 3 is 2.32 bits per heavy atom. The fourth-order valence-corrected chi connectivity index (χ4v) is 4.86. The van der Waals surface area contributed by atoms with Crippen LogP contribution in [0.15, 0.2) is 24.3 Å². The lowest BCUT2D eigenvalue weighted by molar-refractivity contribution is -0.154. The summed E-state index contributed by atoms with van der Waals surface area (Å²) in [7, 11) is 0. The monoisotopic (exact) mass is 475 g/mol. The van der Waals surface area contributed by atoms with Crippen LogP contribution < -0.4 is 10.6 Å². The van der Waals surface area contributed by atoms with E-state index in [1.807, 2.05) is 32.6 Å². The van der Waals surface area contributed by atoms with Crippen LogP contribution in [-0.4, -0.2) is 47.0 Å². The molecule has 0 radical (unpaired) electrons. The summed E-state index contributed by atoms with van der Waals surface area (Å²) in [6.45, 7) is 8.48. The number of amides is 3. The molecule has 7 nitrogen and oxygen atoms in total. The van der Waals surface area contributed by atoms with Gasteiger partial charge >= 0.3 is 12.0 Å². The van der Waals surface area contributed by atoms with Gasteiger partial charge in [0.1, 0.15) is 24.0 Å². The van der Waals surface area contributed by atoms with E-state index in [2.05, 4.69) is 10.6 Å². The van der Waals surface area contributed by atoms with E-state index in [0.717, 1.165) is 32.1 Å². The number of esters is 1. The molecular formula is C26H38FN3O4. The summed E-state index contributed by atoms with van der Waals surface area (Å²) in [6, 6.07) is 4.65. The molecule has 34 heavy (non-hydrogen) atoms. The van der Waals surface area contributed by atoms with Crippen molar-refractivity contribution in [2.75, 3.05) is 6.54 Å². The molecule has 2 aliphatic rings. The summed E-state index contributed by atoms with van der Waals surface area (Å²) < 4.78 is 18.7. The highest BCUT2D eigenvalue weighted by molar-refractivity contribution is 5.91. The first kappa shape index (κ1) is 26.0. The normalized spacial score (nSPS) is 21.0. The summed E-state index contributed by atoms with van der Waals surface area (Å²) in [4.78, 5) is 41.4. The van der Waals surface area contributed by atoms with Crippen molar-refractivity contribution in [1.82, 2.24) is 15.5 Å². The number of nitrogens with one attached hydrogen (secondary N) is 2. The maximum Gasteiger partial charge on any atom is 0.332 e. The number of likely N-dealkylation sites (tertiary alicyclic amines) is 1. The predicted octanol–water partition coefficient (Wildman–Crippen LogP) is 4.30. The number of carbonyl (C=O) groups is 3. The van der Waals surface area contributed by atoms with Gasteiger partial charge in [-0.3, -0.25) is 4.79 Å². The van der Waals surface area contributed by atoms with E-state index in [4.69, 9.17) is 4.74 Å². The molecule has 3 amide bonds. The van der Waals surface area contributed by atoms with Crippen molar-refractivity contribution in [1.29, 1.82) is 0 Å². The third-order valence-corrected chi connectivity index (χ3v) is 6.96. The van der Waals surface area contributed by atoms with Crippen LogP contribution in [0.2, 0.25) is 0 Å². The van der Waals surface area contributed by atoms with Crippen molar-refractivity contribution in [3.05, 3.63) is 35.6 Å². The van der Waals surface area contributed by atoms with Crippen molar-refractivity contribution >= 4 is 17.9 Å². The van der Waals surface area contributed by atoms with E-state index in [1.165, 1.54) is 12.1 Å². The van der Waals surface area contributed by atoms with Crippen molar-refractivity contribution in [2.45, 2.75) is 96.9 Å². The molecule has 1 aliphatic carbocycles. The highest BCUT2D eigenvalue weighted by atomic mass is 19.1. The van der Waals surface area contributed by atoms with Crippen LogP contribution in [0.25, 0.3) is 0 Å². The minimum atomic E-state index is -1.14. The first-order chi connectivity index (χ1) is 16.0. The first-order valence-corrected chi connectivity index (χ1v) is 12.3. The molecule has 0 bridgehead atoms. The van der Waals surface area contributed by atoms with E-state index < -0.39 is 29.0 Å². The van der Waals surface area contributed by atoms with Gasteiger partial charge in [0, 0.05) is 12.6 Å². The highest BCUT2D eigenvalue weighted by Gasteiger charge is 2.44. The zero-order chi connectivity index (χ0) is 24.9. The molecule has 2 unspecified atom stereocenters. The quantitative estimate of drug-likeness (QED) is 0.601. The SMILES string of the molecule is CC1CCCN1C(=O)C(NC(=O)NC1(C(=O)OCc2ccc(F)cc2)CCCCC1)C(C)(C)C. The minimum absolute atomic E-state index is 0.000112. The lowest BCUT2D eigenvalue weighted by Gasteiger charge is -2.38. The standard InChI is InChI=1S/C26H38FN3O4/c1-18-9-8-16-30(18)22(31)21(25(2,3)4)28-24(33)29-26(14-6-5-7-15-26)23(32)34-17-19-10-12-20(27)13-11-19/h10-13,18,21H,5-9,14-17H2,1-4H3,(H2,28,29,33). The molecule has 1 saturated carbocycles. The van der Waals surface area contributed by atoms with Gasteiger partial charge in [-0.1, -0.05) is 52.2 Å². The van der Waals surface area contributed by atoms with Crippen molar-refractivity contribution < 1.29 is 23.5 Å². The summed E-state index contributed by atoms with van der Waals surface area (Å²) in [5.74, 6) is -0.953. The molecule has 1 aromatic carbocycles. The summed E-state index contributed by atoms with van der Waals surface area (Å²) in [5.41, 5.74) is -0.975. The van der Waals surface area contributed by atoms with E-state index in [-0.39, 0.29) is 24.4 Å². The second-order valence-corrected chi connectivity index (χ2v) is 10.8. The van der Waals surface area contributed by atoms with Crippen LogP contribution in [0.4, 0.5) is 9.18 Å². The van der Waals surface area contributed by atoms with Gasteiger partial charge in [-0.15, -0.1) is 0 Å². The molecule has 1 aromatic rings. The van der Waals surface area contributed by atoms with Gasteiger partial charge < -0.3 is 20.3 Å². The average Bonchev–Trinajstić information content (AvgIpc) is 3.22. The molecule has 2 N–H and O–H groups in total. The number of urea groups is 1. The second-order valence-electron chi connectivity index (χ2n) is 10.8. The number of nitrogens with zero attached hydrogens (tertiary/aromatic N) is 1. The van der Waals surface area contributed by atoms with Crippen LogP contribution in [0, 0.1) is 11.2 Å². The smallest absolute Gasteiger partial charge is 0.332 e. The Kier molecular flexibility index (Phi) is 8.21. The summed E-state index contributed by atoms with van der Waals surface area (Å²) in [6.07, 6.45) is 5.42. The fourth-order valence-electron chi connectivity index (χ4n) is 4.86. The summed E-state index contributed by atoms with van der Waals surface area (Å²) in [5, 5.41) is 5.75. The molecule has 188 valence electrons. The van der Waals surface area contributed by atoms with Gasteiger partial charge in [-0.2, -0.15) is 0 Å². The molecular weight excluding hydrogens is 437 g/mol. The lowest BCUT2D eigenvalue weighted by Crippen LogP contribution is -2.63. The van der Waals surface area contributed by atoms with E-state index in [9.17, 15) is 18.8 Å². The summed E-state index contributed by atoms with van der Waals surface area (Å²) >= 11 is 0. The molecule has 1 saturated heterocycles. The van der Waals surface area contributed by atoms with Crippen molar-refractivity contribution in [3.63, 3.8) is 0 Å². The number of halogens is 1. The number of hydrogen-bond donors (Lipinski definition) is 2. The van der Waals surface area contributed by atoms with Crippen LogP contribution in [0.1, 0.15) is 78.2 Å². The number of ether oxygens (including phenoxy) is 1. The van der Waals surface area contributed by atoms with Gasteiger partial charge in [0.2, 0.25) is 5.91 Å². The Bertz CT molecular complexity index is 875. The Morgan fingerprint density at radius 1 is 1.12 bits per heavy atom. The largest absolute Gasteiger partial charge is 0.459 e. The van der Waals surface area contributed by atoms with Crippen LogP contribution in [0.5, 0.6) is 0 Å². The molecule has 3 rings (SSSR count). The average molecular weight is 476 g/mol. The number of benzene rings is 1. The highest BCUT2D eigenvalue weighted by Crippen LogP contribution is 2.30. The number of carbonyl (C=O) groups excluding carboxylic acids is 3.